The van der Waals surface area contributed by atoms with E-state index >= 15 is 0 Å². The molecular formula is C21H24Cl2N6O3. The standard InChI is InChI=1S/C14H17N5O3.C7H7Cl2N/c20-5-4-19-8-11(7-16-19)17-14-15-6-10(9-21)13(18-14)22-12-2-1-3-12;1-10-7-5(8)3-2-4-6(7)9/h6-9,12,20H,1-5H2,(H,15,17,18);2-4,10H,1H3. The maximum absolute atomic E-state index is 11.0. The first-order valence-corrected chi connectivity index (χ1v) is 10.8. The lowest BCUT2D eigenvalue weighted by Crippen LogP contribution is -2.25. The van der Waals surface area contributed by atoms with Crippen molar-refractivity contribution in [3.8, 4) is 5.88 Å². The fourth-order valence-corrected chi connectivity index (χ4v) is 3.36. The maximum atomic E-state index is 11.0. The van der Waals surface area contributed by atoms with Crippen molar-refractivity contribution >= 4 is 46.8 Å². The highest BCUT2D eigenvalue weighted by Crippen LogP contribution is 2.29. The van der Waals surface area contributed by atoms with Gasteiger partial charge in [0.1, 0.15) is 6.10 Å². The molecule has 0 aliphatic heterocycles. The number of hydrogen-bond acceptors (Lipinski definition) is 8. The first-order chi connectivity index (χ1) is 15.5. The van der Waals surface area contributed by atoms with Crippen LogP contribution in [0.2, 0.25) is 10.0 Å². The summed E-state index contributed by atoms with van der Waals surface area (Å²) in [7, 11) is 1.78. The third-order valence-electron chi connectivity index (χ3n) is 4.67. The van der Waals surface area contributed by atoms with Crippen LogP contribution >= 0.6 is 23.2 Å². The molecule has 2 heterocycles. The normalized spacial score (nSPS) is 12.9. The molecule has 0 atom stereocenters. The van der Waals surface area contributed by atoms with E-state index in [9.17, 15) is 4.79 Å². The highest BCUT2D eigenvalue weighted by atomic mass is 35.5. The van der Waals surface area contributed by atoms with Crippen LogP contribution in [0.3, 0.4) is 0 Å². The number of rotatable bonds is 8. The molecule has 32 heavy (non-hydrogen) atoms. The number of hydrogen-bond donors (Lipinski definition) is 3. The second kappa shape index (κ2) is 11.7. The van der Waals surface area contributed by atoms with Gasteiger partial charge in [-0.15, -0.1) is 0 Å². The van der Waals surface area contributed by atoms with E-state index in [1.54, 1.807) is 36.3 Å². The first-order valence-electron chi connectivity index (χ1n) is 10.0. The Morgan fingerprint density at radius 1 is 1.28 bits per heavy atom. The number of nitrogens with one attached hydrogen (secondary N) is 2. The first kappa shape index (κ1) is 23.8. The third-order valence-corrected chi connectivity index (χ3v) is 5.30. The molecule has 0 saturated heterocycles. The zero-order valence-electron chi connectivity index (χ0n) is 17.5. The van der Waals surface area contributed by atoms with Crippen LogP contribution in [0.1, 0.15) is 29.6 Å². The van der Waals surface area contributed by atoms with Gasteiger partial charge in [0.15, 0.2) is 6.29 Å². The minimum atomic E-state index is 0.0189. The van der Waals surface area contributed by atoms with Crippen LogP contribution in [-0.4, -0.2) is 50.9 Å². The number of ether oxygens (including phenoxy) is 1. The van der Waals surface area contributed by atoms with Crippen LogP contribution in [0, 0.1) is 0 Å². The van der Waals surface area contributed by atoms with Crippen molar-refractivity contribution in [2.75, 3.05) is 24.3 Å². The molecule has 0 bridgehead atoms. The van der Waals surface area contributed by atoms with Crippen LogP contribution in [0.4, 0.5) is 17.3 Å². The summed E-state index contributed by atoms with van der Waals surface area (Å²) in [6, 6.07) is 5.39. The molecule has 1 saturated carbocycles. The summed E-state index contributed by atoms with van der Waals surface area (Å²) in [6.07, 6.45) is 8.72. The quantitative estimate of drug-likeness (QED) is 0.412. The van der Waals surface area contributed by atoms with Crippen molar-refractivity contribution in [2.24, 2.45) is 0 Å². The SMILES string of the molecule is CNc1c(Cl)cccc1Cl.O=Cc1cnc(Nc2cnn(CCO)c2)nc1OC1CCC1. The van der Waals surface area contributed by atoms with E-state index in [4.69, 9.17) is 33.0 Å². The molecule has 0 radical (unpaired) electrons. The molecule has 11 heteroatoms. The monoisotopic (exact) mass is 478 g/mol. The van der Waals surface area contributed by atoms with E-state index in [1.807, 2.05) is 6.07 Å². The Morgan fingerprint density at radius 2 is 2.03 bits per heavy atom. The Hall–Kier alpha value is -2.88. The number of nitrogens with zero attached hydrogens (tertiary/aromatic N) is 4. The van der Waals surface area contributed by atoms with Gasteiger partial charge in [-0.1, -0.05) is 29.3 Å². The summed E-state index contributed by atoms with van der Waals surface area (Å²) in [5.41, 5.74) is 1.82. The van der Waals surface area contributed by atoms with E-state index in [1.165, 1.54) is 6.20 Å². The Labute approximate surface area is 195 Å². The number of aromatic nitrogens is 4. The van der Waals surface area contributed by atoms with Gasteiger partial charge in [0.25, 0.3) is 0 Å². The molecule has 2 aromatic heterocycles. The zero-order chi connectivity index (χ0) is 22.9. The van der Waals surface area contributed by atoms with E-state index in [0.717, 1.165) is 24.9 Å². The summed E-state index contributed by atoms with van der Waals surface area (Å²) in [4.78, 5) is 19.4. The number of carbonyl (C=O) groups is 1. The molecule has 0 unspecified atom stereocenters. The van der Waals surface area contributed by atoms with Gasteiger partial charge in [-0.2, -0.15) is 10.1 Å². The molecule has 170 valence electrons. The van der Waals surface area contributed by atoms with E-state index in [0.29, 0.717) is 46.0 Å². The smallest absolute Gasteiger partial charge is 0.230 e. The van der Waals surface area contributed by atoms with E-state index in [-0.39, 0.29) is 12.7 Å². The van der Waals surface area contributed by atoms with Gasteiger partial charge >= 0.3 is 0 Å². The molecule has 0 amide bonds. The van der Waals surface area contributed by atoms with Crippen molar-refractivity contribution in [1.82, 2.24) is 19.7 Å². The Balaban J connectivity index is 0.000000243. The maximum Gasteiger partial charge on any atom is 0.230 e. The van der Waals surface area contributed by atoms with Crippen LogP contribution in [0.5, 0.6) is 5.88 Å². The van der Waals surface area contributed by atoms with Crippen LogP contribution in [0.15, 0.2) is 36.8 Å². The number of benzene rings is 1. The Bertz CT molecular complexity index is 1020. The average Bonchev–Trinajstić information content (AvgIpc) is 3.19. The lowest BCUT2D eigenvalue weighted by atomic mass is 9.96. The van der Waals surface area contributed by atoms with Crippen molar-refractivity contribution in [1.29, 1.82) is 0 Å². The zero-order valence-corrected chi connectivity index (χ0v) is 19.0. The summed E-state index contributed by atoms with van der Waals surface area (Å²) < 4.78 is 7.32. The predicted octanol–water partition coefficient (Wildman–Crippen LogP) is 4.19. The molecule has 1 aliphatic rings. The fourth-order valence-electron chi connectivity index (χ4n) is 2.78. The number of aldehydes is 1. The highest BCUT2D eigenvalue weighted by Gasteiger charge is 2.21. The Kier molecular flexibility index (Phi) is 8.66. The minimum Gasteiger partial charge on any atom is -0.474 e. The number of anilines is 3. The van der Waals surface area contributed by atoms with Crippen LogP contribution in [0.25, 0.3) is 0 Å². The summed E-state index contributed by atoms with van der Waals surface area (Å²) in [5.74, 6) is 0.642. The van der Waals surface area contributed by atoms with Gasteiger partial charge in [-0.05, 0) is 31.4 Å². The number of aliphatic hydroxyl groups excluding tert-OH is 1. The number of halogens is 2. The molecule has 4 rings (SSSR count). The topological polar surface area (TPSA) is 114 Å². The molecule has 9 nitrogen and oxygen atoms in total. The van der Waals surface area contributed by atoms with Gasteiger partial charge < -0.3 is 20.5 Å². The Morgan fingerprint density at radius 3 is 2.59 bits per heavy atom. The van der Waals surface area contributed by atoms with Crippen molar-refractivity contribution in [3.05, 3.63) is 52.4 Å². The van der Waals surface area contributed by atoms with E-state index < -0.39 is 0 Å². The third kappa shape index (κ3) is 6.32. The van der Waals surface area contributed by atoms with Gasteiger partial charge in [0.05, 0.1) is 46.3 Å². The largest absolute Gasteiger partial charge is 0.474 e. The second-order valence-corrected chi connectivity index (χ2v) is 7.74. The van der Waals surface area contributed by atoms with Gasteiger partial charge in [-0.25, -0.2) is 4.98 Å². The molecule has 1 aliphatic carbocycles. The number of para-hydroxylation sites is 1. The van der Waals surface area contributed by atoms with Gasteiger partial charge in [-0.3, -0.25) is 9.48 Å². The van der Waals surface area contributed by atoms with Crippen molar-refractivity contribution in [3.63, 3.8) is 0 Å². The lowest BCUT2D eigenvalue weighted by Gasteiger charge is -2.26. The molecule has 3 aromatic rings. The molecule has 3 N–H and O–H groups in total. The molecule has 1 fully saturated rings. The minimum absolute atomic E-state index is 0.0189. The van der Waals surface area contributed by atoms with Gasteiger partial charge in [0, 0.05) is 19.4 Å². The molecule has 1 aromatic carbocycles. The summed E-state index contributed by atoms with van der Waals surface area (Å²) >= 11 is 11.6. The van der Waals surface area contributed by atoms with Crippen molar-refractivity contribution in [2.45, 2.75) is 31.9 Å². The number of carbonyl (C=O) groups excluding carboxylic acids is 1. The van der Waals surface area contributed by atoms with Crippen molar-refractivity contribution < 1.29 is 14.6 Å². The average molecular weight is 479 g/mol. The highest BCUT2D eigenvalue weighted by molar-refractivity contribution is 6.39. The van der Waals surface area contributed by atoms with E-state index in [2.05, 4.69) is 25.7 Å². The lowest BCUT2D eigenvalue weighted by molar-refractivity contribution is 0.105. The fraction of sp³-hybridized carbons (Fsp3) is 0.333. The summed E-state index contributed by atoms with van der Waals surface area (Å²) in [5, 5.41) is 20.1. The predicted molar refractivity (Wildman–Crippen MR) is 124 cm³/mol. The molecular weight excluding hydrogens is 455 g/mol. The van der Waals surface area contributed by atoms with Crippen LogP contribution in [-0.2, 0) is 6.54 Å². The second-order valence-electron chi connectivity index (χ2n) is 6.93. The van der Waals surface area contributed by atoms with Gasteiger partial charge in [0.2, 0.25) is 11.8 Å². The number of aliphatic hydroxyl groups is 1. The summed E-state index contributed by atoms with van der Waals surface area (Å²) in [6.45, 7) is 0.438. The molecule has 0 spiro atoms. The van der Waals surface area contributed by atoms with Crippen LogP contribution < -0.4 is 15.4 Å².